The molecule has 0 aliphatic heterocycles. The number of nitrogens with two attached hydrogens (primary N) is 1. The van der Waals surface area contributed by atoms with E-state index in [2.05, 4.69) is 0 Å². The molecule has 0 bridgehead atoms. The summed E-state index contributed by atoms with van der Waals surface area (Å²) in [4.78, 5) is 2.02. The Balaban J connectivity index is 3.21. The van der Waals surface area contributed by atoms with Gasteiger partial charge in [-0.1, -0.05) is 0 Å². The number of nitrogens with zero attached hydrogens (tertiary/aromatic N) is 1. The van der Waals surface area contributed by atoms with Gasteiger partial charge in [0.1, 0.15) is 17.2 Å². The number of ether oxygens (including phenoxy) is 3. The molecule has 1 atom stereocenters. The van der Waals surface area contributed by atoms with Crippen LogP contribution in [0.25, 0.3) is 0 Å². The second-order valence-corrected chi connectivity index (χ2v) is 4.31. The molecule has 1 rings (SSSR count). The van der Waals surface area contributed by atoms with Gasteiger partial charge >= 0.3 is 0 Å². The summed E-state index contributed by atoms with van der Waals surface area (Å²) < 4.78 is 16.0. The van der Waals surface area contributed by atoms with Crippen LogP contribution in [0.5, 0.6) is 17.2 Å². The average molecular weight is 254 g/mol. The van der Waals surface area contributed by atoms with Crippen LogP contribution in [-0.4, -0.2) is 46.9 Å². The van der Waals surface area contributed by atoms with Crippen LogP contribution in [0.4, 0.5) is 0 Å². The van der Waals surface area contributed by atoms with Crippen molar-refractivity contribution in [1.29, 1.82) is 0 Å². The molecular weight excluding hydrogens is 232 g/mol. The lowest BCUT2D eigenvalue weighted by atomic mass is 10.0. The Morgan fingerprint density at radius 1 is 1.06 bits per heavy atom. The maximum absolute atomic E-state index is 6.20. The first-order chi connectivity index (χ1) is 8.53. The molecule has 0 amide bonds. The predicted molar refractivity (Wildman–Crippen MR) is 71.6 cm³/mol. The van der Waals surface area contributed by atoms with Gasteiger partial charge in [-0.15, -0.1) is 0 Å². The second-order valence-electron chi connectivity index (χ2n) is 4.31. The van der Waals surface area contributed by atoms with Gasteiger partial charge in [-0.2, -0.15) is 0 Å². The maximum Gasteiger partial charge on any atom is 0.131 e. The molecule has 102 valence electrons. The van der Waals surface area contributed by atoms with Crippen LogP contribution in [-0.2, 0) is 0 Å². The highest BCUT2D eigenvalue weighted by atomic mass is 16.5. The lowest BCUT2D eigenvalue weighted by Gasteiger charge is -2.22. The smallest absolute Gasteiger partial charge is 0.131 e. The normalized spacial score (nSPS) is 12.4. The van der Waals surface area contributed by atoms with Crippen molar-refractivity contribution in [2.75, 3.05) is 42.0 Å². The molecule has 0 radical (unpaired) electrons. The first-order valence-electron chi connectivity index (χ1n) is 5.73. The molecule has 1 unspecified atom stereocenters. The van der Waals surface area contributed by atoms with Crippen LogP contribution < -0.4 is 19.9 Å². The number of benzene rings is 1. The van der Waals surface area contributed by atoms with E-state index in [4.69, 9.17) is 19.9 Å². The van der Waals surface area contributed by atoms with Crippen molar-refractivity contribution in [3.05, 3.63) is 17.7 Å². The molecule has 0 saturated heterocycles. The first kappa shape index (κ1) is 14.6. The van der Waals surface area contributed by atoms with Crippen molar-refractivity contribution in [1.82, 2.24) is 4.90 Å². The molecule has 18 heavy (non-hydrogen) atoms. The lowest BCUT2D eigenvalue weighted by Crippen LogP contribution is -2.26. The fourth-order valence-corrected chi connectivity index (χ4v) is 1.88. The maximum atomic E-state index is 6.20. The molecule has 2 N–H and O–H groups in total. The molecule has 0 aliphatic carbocycles. The zero-order valence-electron chi connectivity index (χ0n) is 11.7. The molecular formula is C13H22N2O3. The standard InChI is InChI=1S/C13H22N2O3/c1-15(2)8-10(14)13-11(17-4)6-9(16-3)7-12(13)18-5/h6-7,10H,8,14H2,1-5H3. The van der Waals surface area contributed by atoms with Gasteiger partial charge in [-0.3, -0.25) is 0 Å². The third-order valence-electron chi connectivity index (χ3n) is 2.69. The molecule has 0 saturated carbocycles. The van der Waals surface area contributed by atoms with E-state index in [1.54, 1.807) is 21.3 Å². The minimum Gasteiger partial charge on any atom is -0.496 e. The second kappa shape index (κ2) is 6.47. The number of methoxy groups -OCH3 is 3. The van der Waals surface area contributed by atoms with Crippen LogP contribution in [0.2, 0.25) is 0 Å². The fourth-order valence-electron chi connectivity index (χ4n) is 1.88. The summed E-state index contributed by atoms with van der Waals surface area (Å²) in [5.41, 5.74) is 7.05. The highest BCUT2D eigenvalue weighted by Gasteiger charge is 2.20. The molecule has 0 aromatic heterocycles. The lowest BCUT2D eigenvalue weighted by molar-refractivity contribution is 0.340. The average Bonchev–Trinajstić information content (AvgIpc) is 2.35. The van der Waals surface area contributed by atoms with Crippen LogP contribution in [0.1, 0.15) is 11.6 Å². The third-order valence-corrected chi connectivity index (χ3v) is 2.69. The summed E-state index contributed by atoms with van der Waals surface area (Å²) >= 11 is 0. The van der Waals surface area contributed by atoms with Gasteiger partial charge in [0.05, 0.1) is 26.9 Å². The zero-order valence-corrected chi connectivity index (χ0v) is 11.7. The van der Waals surface area contributed by atoms with Crippen molar-refractivity contribution < 1.29 is 14.2 Å². The largest absolute Gasteiger partial charge is 0.496 e. The van der Waals surface area contributed by atoms with Gasteiger partial charge in [0.15, 0.2) is 0 Å². The van der Waals surface area contributed by atoms with E-state index in [0.29, 0.717) is 23.8 Å². The molecule has 1 aromatic rings. The summed E-state index contributed by atoms with van der Waals surface area (Å²) in [5, 5.41) is 0. The van der Waals surface area contributed by atoms with Gasteiger partial charge in [0.2, 0.25) is 0 Å². The summed E-state index contributed by atoms with van der Waals surface area (Å²) in [6.07, 6.45) is 0. The number of likely N-dealkylation sites (N-methyl/N-ethyl adjacent to an activating group) is 1. The van der Waals surface area contributed by atoms with Crippen molar-refractivity contribution in [3.8, 4) is 17.2 Å². The van der Waals surface area contributed by atoms with Crippen molar-refractivity contribution >= 4 is 0 Å². The van der Waals surface area contributed by atoms with Gasteiger partial charge in [-0.25, -0.2) is 0 Å². The fraction of sp³-hybridized carbons (Fsp3) is 0.538. The van der Waals surface area contributed by atoms with Gasteiger partial charge in [0, 0.05) is 24.7 Å². The minimum atomic E-state index is -0.184. The van der Waals surface area contributed by atoms with E-state index in [0.717, 1.165) is 5.56 Å². The van der Waals surface area contributed by atoms with Crippen LogP contribution in [0.15, 0.2) is 12.1 Å². The van der Waals surface area contributed by atoms with Crippen molar-refractivity contribution in [2.45, 2.75) is 6.04 Å². The van der Waals surface area contributed by atoms with E-state index < -0.39 is 0 Å². The van der Waals surface area contributed by atoms with E-state index in [-0.39, 0.29) is 6.04 Å². The molecule has 5 heteroatoms. The monoisotopic (exact) mass is 254 g/mol. The van der Waals surface area contributed by atoms with Gasteiger partial charge in [0.25, 0.3) is 0 Å². The van der Waals surface area contributed by atoms with Crippen molar-refractivity contribution in [2.24, 2.45) is 5.73 Å². The first-order valence-corrected chi connectivity index (χ1v) is 5.73. The Morgan fingerprint density at radius 3 is 1.89 bits per heavy atom. The molecule has 0 spiro atoms. The topological polar surface area (TPSA) is 57.0 Å². The molecule has 1 aromatic carbocycles. The van der Waals surface area contributed by atoms with E-state index in [1.165, 1.54) is 0 Å². The summed E-state index contributed by atoms with van der Waals surface area (Å²) in [6, 6.07) is 3.44. The van der Waals surface area contributed by atoms with Crippen LogP contribution in [0, 0.1) is 0 Å². The SMILES string of the molecule is COc1cc(OC)c(C(N)CN(C)C)c(OC)c1. The van der Waals surface area contributed by atoms with E-state index in [1.807, 2.05) is 31.1 Å². The summed E-state index contributed by atoms with van der Waals surface area (Å²) in [6.45, 7) is 0.707. The predicted octanol–water partition coefficient (Wildman–Crippen LogP) is 1.27. The highest BCUT2D eigenvalue weighted by Crippen LogP contribution is 2.37. The molecule has 0 heterocycles. The minimum absolute atomic E-state index is 0.184. The Bertz CT molecular complexity index is 369. The van der Waals surface area contributed by atoms with Gasteiger partial charge in [-0.05, 0) is 14.1 Å². The zero-order chi connectivity index (χ0) is 13.7. The number of rotatable bonds is 6. The molecule has 0 fully saturated rings. The Labute approximate surface area is 108 Å². The van der Waals surface area contributed by atoms with Crippen molar-refractivity contribution in [3.63, 3.8) is 0 Å². The summed E-state index contributed by atoms with van der Waals surface area (Å²) in [7, 11) is 8.78. The third kappa shape index (κ3) is 3.27. The van der Waals surface area contributed by atoms with Gasteiger partial charge < -0.3 is 24.8 Å². The molecule has 0 aliphatic rings. The van der Waals surface area contributed by atoms with Crippen LogP contribution >= 0.6 is 0 Å². The Kier molecular flexibility index (Phi) is 5.25. The molecule has 5 nitrogen and oxygen atoms in total. The Hall–Kier alpha value is -1.46. The Morgan fingerprint density at radius 2 is 1.56 bits per heavy atom. The summed E-state index contributed by atoms with van der Waals surface area (Å²) in [5.74, 6) is 2.05. The van der Waals surface area contributed by atoms with E-state index >= 15 is 0 Å². The number of hydrogen-bond donors (Lipinski definition) is 1. The highest BCUT2D eigenvalue weighted by molar-refractivity contribution is 5.52. The van der Waals surface area contributed by atoms with Crippen LogP contribution in [0.3, 0.4) is 0 Å². The number of hydrogen-bond acceptors (Lipinski definition) is 5. The van der Waals surface area contributed by atoms with E-state index in [9.17, 15) is 0 Å². The quantitative estimate of drug-likeness (QED) is 0.828.